The Bertz CT molecular complexity index is 1090. The minimum Gasteiger partial charge on any atom is -0.426 e. The fourth-order valence-electron chi connectivity index (χ4n) is 2.46. The van der Waals surface area contributed by atoms with E-state index in [1.165, 1.54) is 48.7 Å². The molecule has 0 aliphatic carbocycles. The first-order valence-electron chi connectivity index (χ1n) is 8.22. The summed E-state index contributed by atoms with van der Waals surface area (Å²) in [5, 5.41) is 0.422. The van der Waals surface area contributed by atoms with Crippen LogP contribution in [-0.2, 0) is 23.1 Å². The summed E-state index contributed by atoms with van der Waals surface area (Å²) in [6, 6.07) is 9.87. The fraction of sp³-hybridized carbons (Fsp3) is 0.167. The molecule has 1 aromatic heterocycles. The number of hydrogen-bond donors (Lipinski definition) is 1. The molecule has 10 heteroatoms. The Morgan fingerprint density at radius 2 is 1.86 bits per heavy atom. The van der Waals surface area contributed by atoms with E-state index in [9.17, 15) is 12.8 Å². The smallest absolute Gasteiger partial charge is 0.302 e. The summed E-state index contributed by atoms with van der Waals surface area (Å²) in [5.74, 6) is 0.0493. The van der Waals surface area contributed by atoms with Gasteiger partial charge in [-0.1, -0.05) is 23.2 Å². The minimum atomic E-state index is -3.79. The zero-order chi connectivity index (χ0) is 20.3. The number of imidazole rings is 1. The van der Waals surface area contributed by atoms with Gasteiger partial charge in [0.25, 0.3) is 0 Å². The van der Waals surface area contributed by atoms with Crippen LogP contribution in [0, 0.1) is 5.82 Å². The third kappa shape index (κ3) is 4.64. The Morgan fingerprint density at radius 1 is 1.14 bits per heavy atom. The van der Waals surface area contributed by atoms with Crippen molar-refractivity contribution >= 4 is 33.2 Å². The minimum absolute atomic E-state index is 0.00377. The van der Waals surface area contributed by atoms with Gasteiger partial charge in [0.15, 0.2) is 0 Å². The maximum absolute atomic E-state index is 13.0. The van der Waals surface area contributed by atoms with Crippen LogP contribution in [-0.4, -0.2) is 18.0 Å². The summed E-state index contributed by atoms with van der Waals surface area (Å²) >= 11 is 11.7. The van der Waals surface area contributed by atoms with E-state index in [4.69, 9.17) is 27.9 Å². The molecular formula is C18H16Cl2FN3O3S. The van der Waals surface area contributed by atoms with Gasteiger partial charge >= 0.3 is 6.01 Å². The fourth-order valence-corrected chi connectivity index (χ4v) is 3.84. The number of ether oxygens (including phenoxy) is 1. The van der Waals surface area contributed by atoms with Crippen LogP contribution in [0.2, 0.25) is 10.0 Å². The average Bonchev–Trinajstić information content (AvgIpc) is 3.05. The number of nitrogens with zero attached hydrogens (tertiary/aromatic N) is 2. The van der Waals surface area contributed by atoms with E-state index in [2.05, 4.69) is 9.71 Å². The van der Waals surface area contributed by atoms with E-state index >= 15 is 0 Å². The second-order valence-electron chi connectivity index (χ2n) is 5.73. The number of sulfonamides is 1. The van der Waals surface area contributed by atoms with Crippen LogP contribution >= 0.6 is 23.2 Å². The monoisotopic (exact) mass is 443 g/mol. The van der Waals surface area contributed by atoms with Crippen molar-refractivity contribution in [1.29, 1.82) is 0 Å². The van der Waals surface area contributed by atoms with Crippen molar-refractivity contribution in [3.05, 3.63) is 70.2 Å². The second-order valence-corrected chi connectivity index (χ2v) is 8.31. The van der Waals surface area contributed by atoms with E-state index in [1.807, 2.05) is 6.92 Å². The Kier molecular flexibility index (Phi) is 6.24. The molecular weight excluding hydrogens is 428 g/mol. The number of hydrogen-bond acceptors (Lipinski definition) is 4. The molecule has 0 unspecified atom stereocenters. The van der Waals surface area contributed by atoms with E-state index < -0.39 is 10.0 Å². The zero-order valence-electron chi connectivity index (χ0n) is 14.7. The van der Waals surface area contributed by atoms with Crippen LogP contribution in [0.25, 0.3) is 0 Å². The maximum Gasteiger partial charge on any atom is 0.302 e. The molecule has 0 fully saturated rings. The lowest BCUT2D eigenvalue weighted by Crippen LogP contribution is -2.24. The van der Waals surface area contributed by atoms with Crippen LogP contribution in [0.1, 0.15) is 12.6 Å². The van der Waals surface area contributed by atoms with Crippen LogP contribution in [0.5, 0.6) is 11.8 Å². The number of aromatic nitrogens is 2. The lowest BCUT2D eigenvalue weighted by Gasteiger charge is -2.11. The zero-order valence-corrected chi connectivity index (χ0v) is 17.0. The summed E-state index contributed by atoms with van der Waals surface area (Å²) in [5.41, 5.74) is 0.600. The Morgan fingerprint density at radius 3 is 2.50 bits per heavy atom. The highest BCUT2D eigenvalue weighted by Crippen LogP contribution is 2.25. The molecule has 6 nitrogen and oxygen atoms in total. The average molecular weight is 444 g/mol. The molecule has 3 rings (SSSR count). The van der Waals surface area contributed by atoms with Crippen molar-refractivity contribution in [3.8, 4) is 11.8 Å². The topological polar surface area (TPSA) is 73.2 Å². The van der Waals surface area contributed by atoms with Gasteiger partial charge in [-0.05, 0) is 49.4 Å². The van der Waals surface area contributed by atoms with E-state index in [0.29, 0.717) is 18.0 Å². The quantitative estimate of drug-likeness (QED) is 0.577. The van der Waals surface area contributed by atoms with Gasteiger partial charge in [-0.3, -0.25) is 4.57 Å². The molecule has 1 N–H and O–H groups in total. The standard InChI is InChI=1S/C18H16Cl2FN3O3S/c1-2-24-13(10-22-18(24)27-14-5-3-12(21)4-6-14)11-23-28(25,26)15-7-8-16(19)17(20)9-15/h3-10,23H,2,11H2,1H3. The second kappa shape index (κ2) is 8.48. The molecule has 1 heterocycles. The first-order chi connectivity index (χ1) is 13.3. The predicted molar refractivity (Wildman–Crippen MR) is 105 cm³/mol. The van der Waals surface area contributed by atoms with Crippen LogP contribution < -0.4 is 9.46 Å². The van der Waals surface area contributed by atoms with Gasteiger partial charge in [-0.25, -0.2) is 22.5 Å². The molecule has 0 aliphatic heterocycles. The first kappa shape index (κ1) is 20.6. The van der Waals surface area contributed by atoms with Gasteiger partial charge < -0.3 is 4.74 Å². The molecule has 0 radical (unpaired) electrons. The van der Waals surface area contributed by atoms with Gasteiger partial charge in [-0.2, -0.15) is 0 Å². The van der Waals surface area contributed by atoms with E-state index in [-0.39, 0.29) is 33.3 Å². The predicted octanol–water partition coefficient (Wildman–Crippen LogP) is 4.62. The Balaban J connectivity index is 1.76. The summed E-state index contributed by atoms with van der Waals surface area (Å²) in [6.45, 7) is 2.37. The van der Waals surface area contributed by atoms with Crippen molar-refractivity contribution in [2.24, 2.45) is 0 Å². The molecule has 0 amide bonds. The van der Waals surface area contributed by atoms with E-state index in [1.54, 1.807) is 4.57 Å². The van der Waals surface area contributed by atoms with Crippen LogP contribution in [0.4, 0.5) is 4.39 Å². The summed E-state index contributed by atoms with van der Waals surface area (Å²) in [6.07, 6.45) is 1.51. The highest BCUT2D eigenvalue weighted by atomic mass is 35.5. The lowest BCUT2D eigenvalue weighted by molar-refractivity contribution is 0.410. The SMILES string of the molecule is CCn1c(CNS(=O)(=O)c2ccc(Cl)c(Cl)c2)cnc1Oc1ccc(F)cc1. The summed E-state index contributed by atoms with van der Waals surface area (Å²) in [7, 11) is -3.79. The van der Waals surface area contributed by atoms with Gasteiger partial charge in [0, 0.05) is 6.54 Å². The van der Waals surface area contributed by atoms with Gasteiger partial charge in [0.05, 0.1) is 33.4 Å². The first-order valence-corrected chi connectivity index (χ1v) is 10.5. The Hall–Kier alpha value is -2.13. The molecule has 0 saturated carbocycles. The summed E-state index contributed by atoms with van der Waals surface area (Å²) in [4.78, 5) is 4.18. The van der Waals surface area contributed by atoms with Gasteiger partial charge in [-0.15, -0.1) is 0 Å². The lowest BCUT2D eigenvalue weighted by atomic mass is 10.3. The Labute approximate surface area is 171 Å². The number of halogens is 3. The summed E-state index contributed by atoms with van der Waals surface area (Å²) < 4.78 is 47.9. The number of benzene rings is 2. The molecule has 0 atom stereocenters. The molecule has 0 aliphatic rings. The van der Waals surface area contributed by atoms with E-state index in [0.717, 1.165) is 0 Å². The van der Waals surface area contributed by atoms with Crippen molar-refractivity contribution < 1.29 is 17.5 Å². The van der Waals surface area contributed by atoms with Gasteiger partial charge in [0.1, 0.15) is 11.6 Å². The van der Waals surface area contributed by atoms with Crippen molar-refractivity contribution in [3.63, 3.8) is 0 Å². The molecule has 0 spiro atoms. The largest absolute Gasteiger partial charge is 0.426 e. The normalized spacial score (nSPS) is 11.6. The molecule has 28 heavy (non-hydrogen) atoms. The number of rotatable bonds is 7. The third-order valence-electron chi connectivity index (χ3n) is 3.89. The van der Waals surface area contributed by atoms with Gasteiger partial charge in [0.2, 0.25) is 10.0 Å². The maximum atomic E-state index is 13.0. The number of nitrogens with one attached hydrogen (secondary N) is 1. The molecule has 3 aromatic rings. The van der Waals surface area contributed by atoms with Crippen LogP contribution in [0.15, 0.2) is 53.6 Å². The molecule has 0 bridgehead atoms. The van der Waals surface area contributed by atoms with Crippen molar-refractivity contribution in [1.82, 2.24) is 14.3 Å². The molecule has 148 valence electrons. The highest BCUT2D eigenvalue weighted by Gasteiger charge is 2.18. The van der Waals surface area contributed by atoms with Crippen LogP contribution in [0.3, 0.4) is 0 Å². The third-order valence-corrected chi connectivity index (χ3v) is 6.02. The van der Waals surface area contributed by atoms with Crippen molar-refractivity contribution in [2.75, 3.05) is 0 Å². The molecule has 0 saturated heterocycles. The highest BCUT2D eigenvalue weighted by molar-refractivity contribution is 7.89. The molecule has 2 aromatic carbocycles. The van der Waals surface area contributed by atoms with Crippen molar-refractivity contribution in [2.45, 2.75) is 24.9 Å².